The summed E-state index contributed by atoms with van der Waals surface area (Å²) in [5.74, 6) is -0.158. The van der Waals surface area contributed by atoms with E-state index in [-0.39, 0.29) is 11.5 Å². The van der Waals surface area contributed by atoms with E-state index in [1.807, 2.05) is 6.92 Å². The summed E-state index contributed by atoms with van der Waals surface area (Å²) < 4.78 is 1.41. The zero-order valence-corrected chi connectivity index (χ0v) is 13.9. The first-order valence-electron chi connectivity index (χ1n) is 7.42. The molecule has 0 radical (unpaired) electrons. The number of carbonyl (C=O) groups is 1. The summed E-state index contributed by atoms with van der Waals surface area (Å²) in [4.78, 5) is 23.9. The second kappa shape index (κ2) is 7.78. The van der Waals surface area contributed by atoms with Crippen molar-refractivity contribution in [2.75, 3.05) is 0 Å². The Bertz CT molecular complexity index is 759. The van der Waals surface area contributed by atoms with Gasteiger partial charge in [0.2, 0.25) is 5.91 Å². The molecule has 0 atom stereocenters. The van der Waals surface area contributed by atoms with Gasteiger partial charge >= 0.3 is 0 Å². The van der Waals surface area contributed by atoms with Crippen LogP contribution in [0.4, 0.5) is 0 Å². The average molecular weight is 335 g/mol. The number of aromatic amines is 1. The highest BCUT2D eigenvalue weighted by atomic mass is 35.5. The van der Waals surface area contributed by atoms with Gasteiger partial charge < -0.3 is 0 Å². The third kappa shape index (κ3) is 4.32. The molecule has 1 aromatic carbocycles. The third-order valence-corrected chi connectivity index (χ3v) is 3.59. The van der Waals surface area contributed by atoms with E-state index in [1.54, 1.807) is 31.2 Å². The van der Waals surface area contributed by atoms with Gasteiger partial charge in [0, 0.05) is 17.1 Å². The molecular formula is C16H19ClN4O2. The van der Waals surface area contributed by atoms with Gasteiger partial charge in [-0.3, -0.25) is 14.7 Å². The van der Waals surface area contributed by atoms with Crippen LogP contribution in [0.2, 0.25) is 5.02 Å². The molecule has 1 aromatic heterocycles. The molecule has 2 rings (SSSR count). The van der Waals surface area contributed by atoms with Crippen molar-refractivity contribution >= 4 is 23.7 Å². The first kappa shape index (κ1) is 17.0. The van der Waals surface area contributed by atoms with Crippen molar-refractivity contribution in [2.45, 2.75) is 33.1 Å². The number of aryl methyl sites for hydroxylation is 1. The molecule has 2 N–H and O–H groups in total. The van der Waals surface area contributed by atoms with Crippen molar-refractivity contribution in [3.8, 4) is 5.69 Å². The van der Waals surface area contributed by atoms with E-state index in [4.69, 9.17) is 11.6 Å². The first-order valence-corrected chi connectivity index (χ1v) is 7.80. The molecule has 122 valence electrons. The van der Waals surface area contributed by atoms with Crippen molar-refractivity contribution in [3.05, 3.63) is 50.9 Å². The van der Waals surface area contributed by atoms with Crippen LogP contribution in [0.1, 0.15) is 37.4 Å². The number of carbonyl (C=O) groups excluding carboxylic acids is 1. The number of hydrazone groups is 1. The van der Waals surface area contributed by atoms with Crippen LogP contribution in [-0.2, 0) is 4.79 Å². The van der Waals surface area contributed by atoms with Crippen LogP contribution in [0.25, 0.3) is 5.69 Å². The van der Waals surface area contributed by atoms with Gasteiger partial charge in [0.05, 0.1) is 17.5 Å². The number of rotatable bonds is 6. The number of H-pyrrole nitrogens is 1. The second-order valence-electron chi connectivity index (χ2n) is 5.16. The van der Waals surface area contributed by atoms with Gasteiger partial charge in [-0.1, -0.05) is 24.9 Å². The lowest BCUT2D eigenvalue weighted by molar-refractivity contribution is -0.121. The SMILES string of the molecule is CCCCC(=O)N/N=C\c1c(C)[nH]n(-c2ccc(Cl)cc2)c1=O. The number of hydrogen-bond donors (Lipinski definition) is 2. The predicted molar refractivity (Wildman–Crippen MR) is 91.4 cm³/mol. The smallest absolute Gasteiger partial charge is 0.280 e. The standard InChI is InChI=1S/C16H19ClN4O2/c1-3-4-5-15(22)19-18-10-14-11(2)20-21(16(14)23)13-8-6-12(17)7-9-13/h6-10,20H,3-5H2,1-2H3,(H,19,22)/b18-10-. The van der Waals surface area contributed by atoms with Gasteiger partial charge in [-0.05, 0) is 37.6 Å². The van der Waals surface area contributed by atoms with Crippen molar-refractivity contribution in [1.29, 1.82) is 0 Å². The van der Waals surface area contributed by atoms with E-state index in [0.717, 1.165) is 12.8 Å². The molecule has 0 spiro atoms. The third-order valence-electron chi connectivity index (χ3n) is 3.34. The Hall–Kier alpha value is -2.34. The molecule has 1 heterocycles. The Labute approximate surface area is 139 Å². The number of nitrogens with one attached hydrogen (secondary N) is 2. The predicted octanol–water partition coefficient (Wildman–Crippen LogP) is 2.77. The van der Waals surface area contributed by atoms with Crippen LogP contribution in [-0.4, -0.2) is 21.9 Å². The molecular weight excluding hydrogens is 316 g/mol. The van der Waals surface area contributed by atoms with Gasteiger partial charge in [-0.15, -0.1) is 0 Å². The molecule has 0 saturated heterocycles. The fourth-order valence-corrected chi connectivity index (χ4v) is 2.17. The summed E-state index contributed by atoms with van der Waals surface area (Å²) in [7, 11) is 0. The molecule has 0 aliphatic heterocycles. The Kier molecular flexibility index (Phi) is 5.76. The zero-order chi connectivity index (χ0) is 16.8. The molecule has 0 saturated carbocycles. The Morgan fingerprint density at radius 2 is 2.09 bits per heavy atom. The lowest BCUT2D eigenvalue weighted by atomic mass is 10.2. The highest BCUT2D eigenvalue weighted by Gasteiger charge is 2.10. The maximum absolute atomic E-state index is 12.4. The quantitative estimate of drug-likeness (QED) is 0.629. The maximum atomic E-state index is 12.4. The minimum absolute atomic E-state index is 0.158. The lowest BCUT2D eigenvalue weighted by Crippen LogP contribution is -2.19. The number of amides is 1. The molecule has 1 amide bonds. The van der Waals surface area contributed by atoms with Crippen molar-refractivity contribution in [2.24, 2.45) is 5.10 Å². The van der Waals surface area contributed by atoms with Crippen molar-refractivity contribution < 1.29 is 4.79 Å². The van der Waals surface area contributed by atoms with Crippen LogP contribution < -0.4 is 11.0 Å². The van der Waals surface area contributed by atoms with Gasteiger partial charge in [0.15, 0.2) is 0 Å². The summed E-state index contributed by atoms with van der Waals surface area (Å²) in [6, 6.07) is 6.91. The van der Waals surface area contributed by atoms with Gasteiger partial charge in [-0.25, -0.2) is 10.1 Å². The molecule has 0 unspecified atom stereocenters. The normalized spacial score (nSPS) is 11.1. The summed E-state index contributed by atoms with van der Waals surface area (Å²) in [6.07, 6.45) is 3.55. The Balaban J connectivity index is 2.16. The van der Waals surface area contributed by atoms with Crippen LogP contribution in [0, 0.1) is 6.92 Å². The zero-order valence-electron chi connectivity index (χ0n) is 13.1. The molecule has 0 bridgehead atoms. The molecule has 2 aromatic rings. The second-order valence-corrected chi connectivity index (χ2v) is 5.60. The maximum Gasteiger partial charge on any atom is 0.280 e. The number of hydrogen-bond acceptors (Lipinski definition) is 3. The van der Waals surface area contributed by atoms with E-state index in [2.05, 4.69) is 15.6 Å². The molecule has 7 heteroatoms. The van der Waals surface area contributed by atoms with Crippen LogP contribution in [0.15, 0.2) is 34.2 Å². The number of unbranched alkanes of at least 4 members (excludes halogenated alkanes) is 1. The van der Waals surface area contributed by atoms with Crippen LogP contribution in [0.3, 0.4) is 0 Å². The highest BCUT2D eigenvalue weighted by Crippen LogP contribution is 2.12. The highest BCUT2D eigenvalue weighted by molar-refractivity contribution is 6.30. The average Bonchev–Trinajstić information content (AvgIpc) is 2.81. The van der Waals surface area contributed by atoms with Gasteiger partial charge in [-0.2, -0.15) is 5.10 Å². The minimum atomic E-state index is -0.239. The van der Waals surface area contributed by atoms with Gasteiger partial charge in [0.25, 0.3) is 5.56 Å². The fraction of sp³-hybridized carbons (Fsp3) is 0.312. The molecule has 0 aliphatic rings. The molecule has 0 aliphatic carbocycles. The lowest BCUT2D eigenvalue weighted by Gasteiger charge is -2.00. The number of nitrogens with zero attached hydrogens (tertiary/aromatic N) is 2. The van der Waals surface area contributed by atoms with Crippen LogP contribution in [0.5, 0.6) is 0 Å². The van der Waals surface area contributed by atoms with Crippen molar-refractivity contribution in [3.63, 3.8) is 0 Å². The van der Waals surface area contributed by atoms with E-state index in [9.17, 15) is 9.59 Å². The fourth-order valence-electron chi connectivity index (χ4n) is 2.05. The number of halogens is 1. The van der Waals surface area contributed by atoms with E-state index in [1.165, 1.54) is 10.9 Å². The largest absolute Gasteiger partial charge is 0.295 e. The van der Waals surface area contributed by atoms with Crippen LogP contribution >= 0.6 is 11.6 Å². The Morgan fingerprint density at radius 1 is 1.39 bits per heavy atom. The molecule has 6 nitrogen and oxygen atoms in total. The first-order chi connectivity index (χ1) is 11.0. The van der Waals surface area contributed by atoms with E-state index in [0.29, 0.717) is 28.4 Å². The molecule has 23 heavy (non-hydrogen) atoms. The van der Waals surface area contributed by atoms with E-state index < -0.39 is 0 Å². The summed E-state index contributed by atoms with van der Waals surface area (Å²) in [6.45, 7) is 3.78. The summed E-state index contributed by atoms with van der Waals surface area (Å²) in [5, 5.41) is 7.44. The topological polar surface area (TPSA) is 79.2 Å². The monoisotopic (exact) mass is 334 g/mol. The summed E-state index contributed by atoms with van der Waals surface area (Å²) in [5.41, 5.74) is 3.93. The van der Waals surface area contributed by atoms with E-state index >= 15 is 0 Å². The van der Waals surface area contributed by atoms with Gasteiger partial charge in [0.1, 0.15) is 0 Å². The number of benzene rings is 1. The summed E-state index contributed by atoms with van der Waals surface area (Å²) >= 11 is 5.85. The van der Waals surface area contributed by atoms with Crippen molar-refractivity contribution in [1.82, 2.24) is 15.2 Å². The number of aromatic nitrogens is 2. The minimum Gasteiger partial charge on any atom is -0.295 e. The molecule has 0 fully saturated rings. The Morgan fingerprint density at radius 3 is 2.74 bits per heavy atom.